The predicted molar refractivity (Wildman–Crippen MR) is 118 cm³/mol. The van der Waals surface area contributed by atoms with Gasteiger partial charge in [-0.1, -0.05) is 79.1 Å². The molecule has 0 amide bonds. The normalized spacial score (nSPS) is 12.0. The minimum atomic E-state index is -0.634. The zero-order valence-electron chi connectivity index (χ0n) is 17.9. The van der Waals surface area contributed by atoms with Crippen molar-refractivity contribution in [2.24, 2.45) is 0 Å². The first-order chi connectivity index (χ1) is 11.7. The van der Waals surface area contributed by atoms with E-state index in [1.165, 1.54) is 96.3 Å². The molecule has 0 aliphatic carbocycles. The number of hydrogen-bond acceptors (Lipinski definition) is 0. The molecule has 0 nitrogen and oxygen atoms in total. The summed E-state index contributed by atoms with van der Waals surface area (Å²) >= 11 is 0. The standard InChI is InChI=1S/C23H50P/c1-5-9-12-15-18-22-24(20-8-4,21-17-14-11-7-3)23-19-16-13-10-6-2/h5-23H2,1-4H3/q+1. The van der Waals surface area contributed by atoms with Gasteiger partial charge in [-0.05, 0) is 44.9 Å². The van der Waals surface area contributed by atoms with E-state index in [2.05, 4.69) is 27.7 Å². The molecule has 0 unspecified atom stereocenters. The quantitative estimate of drug-likeness (QED) is 0.160. The lowest BCUT2D eigenvalue weighted by atomic mass is 10.2. The van der Waals surface area contributed by atoms with E-state index in [9.17, 15) is 0 Å². The number of rotatable bonds is 19. The van der Waals surface area contributed by atoms with Crippen molar-refractivity contribution in [3.63, 3.8) is 0 Å². The van der Waals surface area contributed by atoms with E-state index in [0.29, 0.717) is 0 Å². The molecule has 0 aromatic heterocycles. The molecule has 0 spiro atoms. The Morgan fingerprint density at radius 1 is 0.333 bits per heavy atom. The third-order valence-electron chi connectivity index (χ3n) is 5.66. The molecule has 0 rings (SSSR count). The molecule has 0 aliphatic heterocycles. The Labute approximate surface area is 156 Å². The van der Waals surface area contributed by atoms with Gasteiger partial charge in [0.15, 0.2) is 0 Å². The molecule has 0 aromatic rings. The van der Waals surface area contributed by atoms with Crippen LogP contribution in [0.1, 0.15) is 124 Å². The largest absolute Gasteiger partial charge is 0.0654 e. The number of unbranched alkanes of at least 4 members (excludes halogenated alkanes) is 11. The highest BCUT2D eigenvalue weighted by Crippen LogP contribution is 2.61. The van der Waals surface area contributed by atoms with Crippen LogP contribution in [0.15, 0.2) is 0 Å². The van der Waals surface area contributed by atoms with Crippen LogP contribution >= 0.6 is 7.26 Å². The van der Waals surface area contributed by atoms with Gasteiger partial charge in [-0.25, -0.2) is 0 Å². The number of hydrogen-bond donors (Lipinski definition) is 0. The Bertz CT molecular complexity index is 222. The molecule has 0 N–H and O–H groups in total. The highest BCUT2D eigenvalue weighted by atomic mass is 31.2. The summed E-state index contributed by atoms with van der Waals surface area (Å²) in [6.45, 7) is 9.45. The minimum Gasteiger partial charge on any atom is -0.0654 e. The van der Waals surface area contributed by atoms with Crippen molar-refractivity contribution >= 4 is 7.26 Å². The van der Waals surface area contributed by atoms with Gasteiger partial charge < -0.3 is 0 Å². The van der Waals surface area contributed by atoms with E-state index < -0.39 is 7.26 Å². The molecule has 0 fully saturated rings. The van der Waals surface area contributed by atoms with Gasteiger partial charge in [0.25, 0.3) is 0 Å². The second-order valence-electron chi connectivity index (χ2n) is 8.13. The molecule has 0 heterocycles. The Balaban J connectivity index is 4.39. The van der Waals surface area contributed by atoms with Crippen molar-refractivity contribution in [1.29, 1.82) is 0 Å². The van der Waals surface area contributed by atoms with E-state index in [0.717, 1.165) is 0 Å². The predicted octanol–water partition coefficient (Wildman–Crippen LogP) is 8.94. The maximum Gasteiger partial charge on any atom is 0.0594 e. The third kappa shape index (κ3) is 13.7. The first-order valence-electron chi connectivity index (χ1n) is 11.6. The first kappa shape index (κ1) is 24.4. The average molecular weight is 358 g/mol. The lowest BCUT2D eigenvalue weighted by molar-refractivity contribution is 0.647. The summed E-state index contributed by atoms with van der Waals surface area (Å²) in [6, 6.07) is 0. The summed E-state index contributed by atoms with van der Waals surface area (Å²) in [5.74, 6) is 0. The SMILES string of the molecule is CCCCCCC[P+](CCC)(CCCCCC)CCCCCCC. The van der Waals surface area contributed by atoms with Crippen LogP contribution in [0.4, 0.5) is 0 Å². The lowest BCUT2D eigenvalue weighted by Gasteiger charge is -2.28. The highest BCUT2D eigenvalue weighted by molar-refractivity contribution is 7.75. The first-order valence-corrected chi connectivity index (χ1v) is 14.1. The smallest absolute Gasteiger partial charge is 0.0594 e. The Morgan fingerprint density at radius 2 is 0.667 bits per heavy atom. The molecule has 146 valence electrons. The molecule has 0 aliphatic rings. The fourth-order valence-electron chi connectivity index (χ4n) is 4.12. The van der Waals surface area contributed by atoms with Crippen LogP contribution in [0.2, 0.25) is 0 Å². The second-order valence-corrected chi connectivity index (χ2v) is 12.6. The maximum atomic E-state index is 2.44. The van der Waals surface area contributed by atoms with Crippen molar-refractivity contribution in [1.82, 2.24) is 0 Å². The van der Waals surface area contributed by atoms with Gasteiger partial charge in [-0.15, -0.1) is 0 Å². The fourth-order valence-corrected chi connectivity index (χ4v) is 9.09. The Morgan fingerprint density at radius 3 is 1.00 bits per heavy atom. The maximum absolute atomic E-state index is 2.44. The van der Waals surface area contributed by atoms with Crippen LogP contribution in [0.25, 0.3) is 0 Å². The van der Waals surface area contributed by atoms with Gasteiger partial charge in [-0.3, -0.25) is 0 Å². The fraction of sp³-hybridized carbons (Fsp3) is 1.00. The van der Waals surface area contributed by atoms with Gasteiger partial charge in [0, 0.05) is 7.26 Å². The molecule has 0 bridgehead atoms. The summed E-state index contributed by atoms with van der Waals surface area (Å²) in [7, 11) is -0.634. The monoisotopic (exact) mass is 357 g/mol. The van der Waals surface area contributed by atoms with E-state index in [-0.39, 0.29) is 0 Å². The van der Waals surface area contributed by atoms with Gasteiger partial charge in [0.05, 0.1) is 24.6 Å². The molecular formula is C23H50P+. The highest BCUT2D eigenvalue weighted by Gasteiger charge is 2.34. The van der Waals surface area contributed by atoms with Crippen LogP contribution in [0, 0.1) is 0 Å². The van der Waals surface area contributed by atoms with E-state index in [1.807, 2.05) is 0 Å². The summed E-state index contributed by atoms with van der Waals surface area (Å²) in [4.78, 5) is 0. The molecule has 24 heavy (non-hydrogen) atoms. The summed E-state index contributed by atoms with van der Waals surface area (Å²) < 4.78 is 0. The summed E-state index contributed by atoms with van der Waals surface area (Å²) in [5.41, 5.74) is 0. The zero-order valence-corrected chi connectivity index (χ0v) is 18.8. The Hall–Kier alpha value is 0.430. The lowest BCUT2D eigenvalue weighted by Crippen LogP contribution is -2.13. The van der Waals surface area contributed by atoms with Crippen molar-refractivity contribution < 1.29 is 0 Å². The molecule has 0 radical (unpaired) electrons. The van der Waals surface area contributed by atoms with Gasteiger partial charge in [0.2, 0.25) is 0 Å². The van der Waals surface area contributed by atoms with E-state index in [4.69, 9.17) is 0 Å². The van der Waals surface area contributed by atoms with Gasteiger partial charge >= 0.3 is 0 Å². The molecule has 1 heteroatoms. The van der Waals surface area contributed by atoms with Crippen LogP contribution in [-0.2, 0) is 0 Å². The zero-order chi connectivity index (χ0) is 17.9. The summed E-state index contributed by atoms with van der Waals surface area (Å²) in [6.07, 6.45) is 28.5. The minimum absolute atomic E-state index is 0.634. The van der Waals surface area contributed by atoms with E-state index in [1.54, 1.807) is 24.6 Å². The van der Waals surface area contributed by atoms with Crippen LogP contribution in [-0.4, -0.2) is 24.6 Å². The molecule has 0 atom stereocenters. The van der Waals surface area contributed by atoms with E-state index >= 15 is 0 Å². The van der Waals surface area contributed by atoms with Crippen LogP contribution < -0.4 is 0 Å². The van der Waals surface area contributed by atoms with Crippen molar-refractivity contribution in [2.45, 2.75) is 124 Å². The second kappa shape index (κ2) is 18.2. The third-order valence-corrected chi connectivity index (χ3v) is 10.8. The molecule has 0 aromatic carbocycles. The van der Waals surface area contributed by atoms with Crippen LogP contribution in [0.5, 0.6) is 0 Å². The molecular weight excluding hydrogens is 307 g/mol. The van der Waals surface area contributed by atoms with Crippen molar-refractivity contribution in [3.05, 3.63) is 0 Å². The molecule has 0 saturated carbocycles. The topological polar surface area (TPSA) is 0 Å². The van der Waals surface area contributed by atoms with Crippen molar-refractivity contribution in [3.8, 4) is 0 Å². The summed E-state index contributed by atoms with van der Waals surface area (Å²) in [5, 5.41) is 0. The van der Waals surface area contributed by atoms with Gasteiger partial charge in [-0.2, -0.15) is 0 Å². The Kier molecular flexibility index (Phi) is 18.6. The van der Waals surface area contributed by atoms with Crippen LogP contribution in [0.3, 0.4) is 0 Å². The molecule has 0 saturated heterocycles. The van der Waals surface area contributed by atoms with Crippen molar-refractivity contribution in [2.75, 3.05) is 24.6 Å². The average Bonchev–Trinajstić information content (AvgIpc) is 2.58. The van der Waals surface area contributed by atoms with Gasteiger partial charge in [0.1, 0.15) is 0 Å².